The lowest BCUT2D eigenvalue weighted by Crippen LogP contribution is -2.32. The molecule has 1 aromatic heterocycles. The average molecular weight is 250 g/mol. The monoisotopic (exact) mass is 250 g/mol. The first-order valence-electron chi connectivity index (χ1n) is 6.81. The second kappa shape index (κ2) is 5.98. The third-order valence-corrected chi connectivity index (χ3v) is 3.46. The van der Waals surface area contributed by atoms with Crippen molar-refractivity contribution in [3.05, 3.63) is 11.6 Å². The summed E-state index contributed by atoms with van der Waals surface area (Å²) in [7, 11) is 1.88. The summed E-state index contributed by atoms with van der Waals surface area (Å²) < 4.78 is 1.77. The van der Waals surface area contributed by atoms with E-state index in [0.29, 0.717) is 13.0 Å². The van der Waals surface area contributed by atoms with E-state index < -0.39 is 0 Å². The number of carbonyl (C=O) groups is 1. The number of amides is 1. The van der Waals surface area contributed by atoms with Crippen LogP contribution in [-0.4, -0.2) is 32.1 Å². The van der Waals surface area contributed by atoms with Crippen molar-refractivity contribution in [2.45, 2.75) is 52.0 Å². The second-order valence-corrected chi connectivity index (χ2v) is 5.03. The van der Waals surface area contributed by atoms with E-state index in [2.05, 4.69) is 10.1 Å². The van der Waals surface area contributed by atoms with Crippen LogP contribution < -0.4 is 0 Å². The Morgan fingerprint density at radius 2 is 1.89 bits per heavy atom. The lowest BCUT2D eigenvalue weighted by atomic mass is 10.1. The number of aryl methyl sites for hydroxylation is 2. The minimum absolute atomic E-state index is 0.262. The molecule has 0 N–H and O–H groups in total. The highest BCUT2D eigenvalue weighted by atomic mass is 16.2. The van der Waals surface area contributed by atoms with E-state index in [1.807, 2.05) is 18.9 Å². The molecule has 2 rings (SSSR count). The summed E-state index contributed by atoms with van der Waals surface area (Å²) in [5.41, 5.74) is 0. The summed E-state index contributed by atoms with van der Waals surface area (Å²) in [6.07, 6.45) is 6.46. The molecule has 1 fully saturated rings. The smallest absolute Gasteiger partial charge is 0.222 e. The van der Waals surface area contributed by atoms with Gasteiger partial charge in [-0.05, 0) is 19.8 Å². The average Bonchev–Trinajstić information content (AvgIpc) is 2.68. The molecule has 1 aliphatic rings. The van der Waals surface area contributed by atoms with Crippen molar-refractivity contribution >= 4 is 5.91 Å². The van der Waals surface area contributed by atoms with Crippen molar-refractivity contribution in [3.63, 3.8) is 0 Å². The molecule has 0 spiro atoms. The van der Waals surface area contributed by atoms with Crippen LogP contribution in [0.3, 0.4) is 0 Å². The fraction of sp³-hybridized carbons (Fsp3) is 0.769. The highest BCUT2D eigenvalue weighted by molar-refractivity contribution is 5.76. The fourth-order valence-electron chi connectivity index (χ4n) is 2.42. The first-order chi connectivity index (χ1) is 8.66. The van der Waals surface area contributed by atoms with Gasteiger partial charge < -0.3 is 4.90 Å². The number of rotatable bonds is 2. The molecule has 1 saturated heterocycles. The Labute approximate surface area is 108 Å². The SMILES string of the molecule is Cc1nc(CN2CCCCCCCC2=O)n(C)n1. The second-order valence-electron chi connectivity index (χ2n) is 5.03. The van der Waals surface area contributed by atoms with Crippen molar-refractivity contribution in [3.8, 4) is 0 Å². The Morgan fingerprint density at radius 3 is 2.61 bits per heavy atom. The summed E-state index contributed by atoms with van der Waals surface area (Å²) in [5, 5.41) is 4.23. The summed E-state index contributed by atoms with van der Waals surface area (Å²) in [4.78, 5) is 18.4. The zero-order chi connectivity index (χ0) is 13.0. The first-order valence-corrected chi connectivity index (χ1v) is 6.81. The van der Waals surface area contributed by atoms with Crippen LogP contribution in [0.15, 0.2) is 0 Å². The molecule has 0 aliphatic carbocycles. The van der Waals surface area contributed by atoms with Gasteiger partial charge in [0.2, 0.25) is 5.91 Å². The summed E-state index contributed by atoms with van der Waals surface area (Å²) >= 11 is 0. The number of carbonyl (C=O) groups excluding carboxylic acids is 1. The van der Waals surface area contributed by atoms with E-state index >= 15 is 0 Å². The maximum absolute atomic E-state index is 12.1. The molecule has 1 aromatic rings. The van der Waals surface area contributed by atoms with Crippen molar-refractivity contribution in [2.75, 3.05) is 6.54 Å². The van der Waals surface area contributed by atoms with Crippen molar-refractivity contribution in [2.24, 2.45) is 7.05 Å². The molecule has 18 heavy (non-hydrogen) atoms. The van der Waals surface area contributed by atoms with Crippen LogP contribution in [0.2, 0.25) is 0 Å². The molecule has 5 heteroatoms. The van der Waals surface area contributed by atoms with Gasteiger partial charge in [-0.2, -0.15) is 5.10 Å². The van der Waals surface area contributed by atoms with Gasteiger partial charge in [-0.1, -0.05) is 19.3 Å². The predicted molar refractivity (Wildman–Crippen MR) is 68.9 cm³/mol. The number of aromatic nitrogens is 3. The van der Waals surface area contributed by atoms with Gasteiger partial charge in [0, 0.05) is 20.0 Å². The minimum atomic E-state index is 0.262. The van der Waals surface area contributed by atoms with E-state index in [4.69, 9.17) is 0 Å². The summed E-state index contributed by atoms with van der Waals surface area (Å²) in [5.74, 6) is 1.90. The van der Waals surface area contributed by atoms with Crippen LogP contribution in [0, 0.1) is 6.92 Å². The van der Waals surface area contributed by atoms with E-state index in [1.165, 1.54) is 19.3 Å². The van der Waals surface area contributed by atoms with Crippen LogP contribution in [-0.2, 0) is 18.4 Å². The van der Waals surface area contributed by atoms with Gasteiger partial charge in [0.1, 0.15) is 11.6 Å². The van der Waals surface area contributed by atoms with E-state index in [0.717, 1.165) is 31.0 Å². The number of hydrogen-bond donors (Lipinski definition) is 0. The highest BCUT2D eigenvalue weighted by Gasteiger charge is 2.17. The predicted octanol–water partition coefficient (Wildman–Crippen LogP) is 1.81. The molecule has 2 heterocycles. The minimum Gasteiger partial charge on any atom is -0.335 e. The molecule has 0 radical (unpaired) electrons. The Kier molecular flexibility index (Phi) is 4.33. The van der Waals surface area contributed by atoms with Gasteiger partial charge in [0.05, 0.1) is 6.54 Å². The Bertz CT molecular complexity index is 413. The lowest BCUT2D eigenvalue weighted by Gasteiger charge is -2.21. The normalized spacial score (nSPS) is 18.3. The quantitative estimate of drug-likeness (QED) is 0.804. The van der Waals surface area contributed by atoms with E-state index in [9.17, 15) is 4.79 Å². The molecule has 1 amide bonds. The topological polar surface area (TPSA) is 51.0 Å². The van der Waals surface area contributed by atoms with Crippen LogP contribution in [0.5, 0.6) is 0 Å². The maximum atomic E-state index is 12.1. The highest BCUT2D eigenvalue weighted by Crippen LogP contribution is 2.14. The van der Waals surface area contributed by atoms with Gasteiger partial charge in [-0.15, -0.1) is 0 Å². The largest absolute Gasteiger partial charge is 0.335 e. The molecule has 5 nitrogen and oxygen atoms in total. The fourth-order valence-corrected chi connectivity index (χ4v) is 2.42. The standard InChI is InChI=1S/C13H22N4O/c1-11-14-12(16(2)15-11)10-17-9-7-5-3-4-6-8-13(17)18/h3-10H2,1-2H3. The Hall–Kier alpha value is -1.39. The molecular formula is C13H22N4O. The van der Waals surface area contributed by atoms with Crippen molar-refractivity contribution < 1.29 is 4.79 Å². The van der Waals surface area contributed by atoms with Gasteiger partial charge in [0.15, 0.2) is 0 Å². The molecule has 100 valence electrons. The zero-order valence-electron chi connectivity index (χ0n) is 11.4. The molecule has 0 saturated carbocycles. The van der Waals surface area contributed by atoms with Gasteiger partial charge >= 0.3 is 0 Å². The molecule has 0 unspecified atom stereocenters. The molecule has 0 atom stereocenters. The number of hydrogen-bond acceptors (Lipinski definition) is 3. The van der Waals surface area contributed by atoms with E-state index in [-0.39, 0.29) is 5.91 Å². The first kappa shape index (κ1) is 13.1. The Balaban J connectivity index is 2.04. The van der Waals surface area contributed by atoms with E-state index in [1.54, 1.807) is 4.68 Å². The third-order valence-electron chi connectivity index (χ3n) is 3.46. The van der Waals surface area contributed by atoms with Crippen molar-refractivity contribution in [1.29, 1.82) is 0 Å². The summed E-state index contributed by atoms with van der Waals surface area (Å²) in [6.45, 7) is 3.32. The van der Waals surface area contributed by atoms with Gasteiger partial charge in [-0.25, -0.2) is 4.98 Å². The molecule has 0 bridgehead atoms. The van der Waals surface area contributed by atoms with Crippen LogP contribution in [0.4, 0.5) is 0 Å². The molecular weight excluding hydrogens is 228 g/mol. The lowest BCUT2D eigenvalue weighted by molar-refractivity contribution is -0.132. The Morgan fingerprint density at radius 1 is 1.17 bits per heavy atom. The van der Waals surface area contributed by atoms with Gasteiger partial charge in [-0.3, -0.25) is 9.48 Å². The number of nitrogens with zero attached hydrogens (tertiary/aromatic N) is 4. The van der Waals surface area contributed by atoms with Crippen LogP contribution in [0.1, 0.15) is 50.2 Å². The van der Waals surface area contributed by atoms with Crippen LogP contribution >= 0.6 is 0 Å². The molecule has 0 aromatic carbocycles. The van der Waals surface area contributed by atoms with Crippen LogP contribution in [0.25, 0.3) is 0 Å². The molecule has 1 aliphatic heterocycles. The zero-order valence-corrected chi connectivity index (χ0v) is 11.4. The van der Waals surface area contributed by atoms with Gasteiger partial charge in [0.25, 0.3) is 0 Å². The van der Waals surface area contributed by atoms with Crippen molar-refractivity contribution in [1.82, 2.24) is 19.7 Å². The maximum Gasteiger partial charge on any atom is 0.222 e. The summed E-state index contributed by atoms with van der Waals surface area (Å²) in [6, 6.07) is 0. The third kappa shape index (κ3) is 3.31.